The first-order valence-corrected chi connectivity index (χ1v) is 6.66. The molecule has 19 heavy (non-hydrogen) atoms. The Morgan fingerprint density at radius 1 is 1.42 bits per heavy atom. The van der Waals surface area contributed by atoms with Crippen molar-refractivity contribution in [2.45, 2.75) is 33.2 Å². The number of rotatable bonds is 5. The SMILES string of the molecule is CCCNc1nccn1C(C)c1ccc(C)c(F)c1. The molecule has 0 amide bonds. The van der Waals surface area contributed by atoms with Crippen molar-refractivity contribution < 1.29 is 4.39 Å². The van der Waals surface area contributed by atoms with Crippen molar-refractivity contribution in [3.8, 4) is 0 Å². The minimum Gasteiger partial charge on any atom is -0.356 e. The molecule has 1 heterocycles. The summed E-state index contributed by atoms with van der Waals surface area (Å²) in [4.78, 5) is 4.30. The third-order valence-electron chi connectivity index (χ3n) is 3.30. The molecule has 1 atom stereocenters. The molecular formula is C15H20FN3. The van der Waals surface area contributed by atoms with Crippen LogP contribution in [0.4, 0.5) is 10.3 Å². The van der Waals surface area contributed by atoms with E-state index in [0.29, 0.717) is 5.56 Å². The summed E-state index contributed by atoms with van der Waals surface area (Å²) in [7, 11) is 0. The maximum Gasteiger partial charge on any atom is 0.203 e. The van der Waals surface area contributed by atoms with Crippen molar-refractivity contribution in [3.63, 3.8) is 0 Å². The van der Waals surface area contributed by atoms with Crippen LogP contribution in [0.1, 0.15) is 37.4 Å². The molecule has 1 N–H and O–H groups in total. The largest absolute Gasteiger partial charge is 0.356 e. The topological polar surface area (TPSA) is 29.9 Å². The van der Waals surface area contributed by atoms with E-state index in [2.05, 4.69) is 17.2 Å². The van der Waals surface area contributed by atoms with Crippen LogP contribution >= 0.6 is 0 Å². The molecule has 1 aromatic heterocycles. The zero-order valence-corrected chi connectivity index (χ0v) is 11.7. The van der Waals surface area contributed by atoms with Gasteiger partial charge in [-0.25, -0.2) is 9.37 Å². The second-order valence-corrected chi connectivity index (χ2v) is 4.77. The fourth-order valence-corrected chi connectivity index (χ4v) is 2.03. The number of benzene rings is 1. The highest BCUT2D eigenvalue weighted by molar-refractivity contribution is 5.32. The van der Waals surface area contributed by atoms with E-state index in [4.69, 9.17) is 0 Å². The third kappa shape index (κ3) is 2.95. The quantitative estimate of drug-likeness (QED) is 0.888. The molecule has 0 aliphatic heterocycles. The van der Waals surface area contributed by atoms with Crippen LogP contribution in [0.25, 0.3) is 0 Å². The van der Waals surface area contributed by atoms with E-state index in [1.807, 2.05) is 29.8 Å². The van der Waals surface area contributed by atoms with E-state index < -0.39 is 0 Å². The molecule has 0 fully saturated rings. The van der Waals surface area contributed by atoms with E-state index in [-0.39, 0.29) is 11.9 Å². The molecule has 4 heteroatoms. The lowest BCUT2D eigenvalue weighted by atomic mass is 10.1. The monoisotopic (exact) mass is 261 g/mol. The first kappa shape index (κ1) is 13.6. The number of nitrogens with zero attached hydrogens (tertiary/aromatic N) is 2. The fourth-order valence-electron chi connectivity index (χ4n) is 2.03. The number of halogens is 1. The molecule has 0 aliphatic carbocycles. The van der Waals surface area contributed by atoms with Gasteiger partial charge in [0.15, 0.2) is 0 Å². The number of nitrogens with one attached hydrogen (secondary N) is 1. The van der Waals surface area contributed by atoms with Gasteiger partial charge in [-0.15, -0.1) is 0 Å². The summed E-state index contributed by atoms with van der Waals surface area (Å²) in [6, 6.07) is 5.44. The maximum atomic E-state index is 13.6. The highest BCUT2D eigenvalue weighted by Crippen LogP contribution is 2.23. The molecule has 0 spiro atoms. The van der Waals surface area contributed by atoms with Crippen LogP contribution in [0.2, 0.25) is 0 Å². The molecule has 3 nitrogen and oxygen atoms in total. The standard InChI is InChI=1S/C15H20FN3/c1-4-7-17-15-18-8-9-19(15)12(3)13-6-5-11(2)14(16)10-13/h5-6,8-10,12H,4,7H2,1-3H3,(H,17,18). The predicted octanol–water partition coefficient (Wildman–Crippen LogP) is 3.76. The summed E-state index contributed by atoms with van der Waals surface area (Å²) in [5, 5.41) is 3.28. The van der Waals surface area contributed by atoms with Crippen molar-refractivity contribution in [3.05, 3.63) is 47.5 Å². The van der Waals surface area contributed by atoms with Crippen LogP contribution in [0, 0.1) is 12.7 Å². The zero-order chi connectivity index (χ0) is 13.8. The second kappa shape index (κ2) is 5.87. The highest BCUT2D eigenvalue weighted by atomic mass is 19.1. The van der Waals surface area contributed by atoms with E-state index in [0.717, 1.165) is 24.5 Å². The smallest absolute Gasteiger partial charge is 0.203 e. The van der Waals surface area contributed by atoms with Crippen molar-refractivity contribution in [1.29, 1.82) is 0 Å². The molecule has 2 rings (SSSR count). The minimum atomic E-state index is -0.160. The zero-order valence-electron chi connectivity index (χ0n) is 11.7. The Labute approximate surface area is 113 Å². The van der Waals surface area contributed by atoms with Gasteiger partial charge >= 0.3 is 0 Å². The van der Waals surface area contributed by atoms with Crippen molar-refractivity contribution in [2.75, 3.05) is 11.9 Å². The minimum absolute atomic E-state index is 0.0527. The lowest BCUT2D eigenvalue weighted by Crippen LogP contribution is -2.12. The number of hydrogen-bond acceptors (Lipinski definition) is 2. The van der Waals surface area contributed by atoms with Crippen molar-refractivity contribution >= 4 is 5.95 Å². The predicted molar refractivity (Wildman–Crippen MR) is 76.0 cm³/mol. The van der Waals surface area contributed by atoms with Gasteiger partial charge in [0, 0.05) is 18.9 Å². The van der Waals surface area contributed by atoms with Gasteiger partial charge < -0.3 is 9.88 Å². The summed E-state index contributed by atoms with van der Waals surface area (Å²) in [6.45, 7) is 6.81. The van der Waals surface area contributed by atoms with Gasteiger partial charge in [0.25, 0.3) is 0 Å². The lowest BCUT2D eigenvalue weighted by molar-refractivity contribution is 0.599. The lowest BCUT2D eigenvalue weighted by Gasteiger charge is -2.17. The molecule has 0 bridgehead atoms. The molecule has 1 aromatic carbocycles. The van der Waals surface area contributed by atoms with Crippen LogP contribution in [0.3, 0.4) is 0 Å². The van der Waals surface area contributed by atoms with Crippen molar-refractivity contribution in [2.24, 2.45) is 0 Å². The highest BCUT2D eigenvalue weighted by Gasteiger charge is 2.13. The van der Waals surface area contributed by atoms with Crippen LogP contribution in [-0.4, -0.2) is 16.1 Å². The van der Waals surface area contributed by atoms with Gasteiger partial charge in [-0.3, -0.25) is 0 Å². The van der Waals surface area contributed by atoms with E-state index in [9.17, 15) is 4.39 Å². The van der Waals surface area contributed by atoms with Crippen molar-refractivity contribution in [1.82, 2.24) is 9.55 Å². The molecular weight excluding hydrogens is 241 g/mol. The van der Waals surface area contributed by atoms with Gasteiger partial charge in [-0.05, 0) is 37.5 Å². The van der Waals surface area contributed by atoms with E-state index in [1.165, 1.54) is 0 Å². The first-order chi connectivity index (χ1) is 9.13. The number of anilines is 1. The Balaban J connectivity index is 2.25. The average molecular weight is 261 g/mol. The number of imidazole rings is 1. The summed E-state index contributed by atoms with van der Waals surface area (Å²) in [6.07, 6.45) is 4.72. The van der Waals surface area contributed by atoms with E-state index >= 15 is 0 Å². The Morgan fingerprint density at radius 3 is 2.89 bits per heavy atom. The van der Waals surface area contributed by atoms with Crippen LogP contribution in [-0.2, 0) is 0 Å². The molecule has 0 saturated heterocycles. The Morgan fingerprint density at radius 2 is 2.21 bits per heavy atom. The van der Waals surface area contributed by atoms with Gasteiger partial charge in [0.1, 0.15) is 5.82 Å². The Bertz CT molecular complexity index is 548. The van der Waals surface area contributed by atoms with Crippen LogP contribution in [0.5, 0.6) is 0 Å². The van der Waals surface area contributed by atoms with Gasteiger partial charge in [-0.1, -0.05) is 19.1 Å². The molecule has 1 unspecified atom stereocenters. The van der Waals surface area contributed by atoms with Crippen LogP contribution in [0.15, 0.2) is 30.6 Å². The Kier molecular flexibility index (Phi) is 4.20. The van der Waals surface area contributed by atoms with Gasteiger partial charge in [0.05, 0.1) is 6.04 Å². The van der Waals surface area contributed by atoms with E-state index in [1.54, 1.807) is 19.2 Å². The molecule has 0 saturated carbocycles. The van der Waals surface area contributed by atoms with Gasteiger partial charge in [0.2, 0.25) is 5.95 Å². The summed E-state index contributed by atoms with van der Waals surface area (Å²) in [5.41, 5.74) is 1.62. The number of aromatic nitrogens is 2. The molecule has 0 aliphatic rings. The maximum absolute atomic E-state index is 13.6. The number of aryl methyl sites for hydroxylation is 1. The Hall–Kier alpha value is -1.84. The molecule has 102 valence electrons. The average Bonchev–Trinajstić information content (AvgIpc) is 2.87. The normalized spacial score (nSPS) is 12.4. The van der Waals surface area contributed by atoms with Crippen LogP contribution < -0.4 is 5.32 Å². The summed E-state index contributed by atoms with van der Waals surface area (Å²) >= 11 is 0. The second-order valence-electron chi connectivity index (χ2n) is 4.77. The molecule has 0 radical (unpaired) electrons. The first-order valence-electron chi connectivity index (χ1n) is 6.66. The summed E-state index contributed by atoms with van der Waals surface area (Å²) < 4.78 is 15.7. The fraction of sp³-hybridized carbons (Fsp3) is 0.400. The number of hydrogen-bond donors (Lipinski definition) is 1. The summed E-state index contributed by atoms with van der Waals surface area (Å²) in [5.74, 6) is 0.669. The molecule has 2 aromatic rings. The van der Waals surface area contributed by atoms with Gasteiger partial charge in [-0.2, -0.15) is 0 Å². The third-order valence-corrected chi connectivity index (χ3v) is 3.30.